The molecule has 0 saturated carbocycles. The predicted molar refractivity (Wildman–Crippen MR) is 56.4 cm³/mol. The first-order chi connectivity index (χ1) is 7.60. The van der Waals surface area contributed by atoms with Gasteiger partial charge in [0.15, 0.2) is 0 Å². The smallest absolute Gasteiger partial charge is 0.393 e. The summed E-state index contributed by atoms with van der Waals surface area (Å²) < 4.78 is 60.8. The molecule has 1 atom stereocenters. The topological polar surface area (TPSA) is 63.6 Å². The number of sulfone groups is 1. The van der Waals surface area contributed by atoms with Crippen molar-refractivity contribution in [1.29, 1.82) is 0 Å². The van der Waals surface area contributed by atoms with Gasteiger partial charge in [0.05, 0.1) is 6.10 Å². The summed E-state index contributed by atoms with van der Waals surface area (Å²) in [6.07, 6.45) is -3.50. The van der Waals surface area contributed by atoms with E-state index >= 15 is 0 Å². The number of hydrogen-bond acceptors (Lipinski definition) is 4. The zero-order valence-electron chi connectivity index (χ0n) is 9.53. The van der Waals surface area contributed by atoms with Gasteiger partial charge in [-0.15, -0.1) is 0 Å². The number of aliphatic hydroxyl groups excluding tert-OH is 1. The Balaban J connectivity index is 3.51. The SMILES string of the molecule is CS(=O)(=O)CCCC(O)CCOCC(F)(F)F. The van der Waals surface area contributed by atoms with Gasteiger partial charge in [-0.1, -0.05) is 0 Å². The zero-order valence-corrected chi connectivity index (χ0v) is 10.4. The van der Waals surface area contributed by atoms with Crippen LogP contribution in [0.4, 0.5) is 13.2 Å². The Morgan fingerprint density at radius 3 is 2.35 bits per heavy atom. The van der Waals surface area contributed by atoms with E-state index < -0.39 is 28.7 Å². The molecule has 0 bridgehead atoms. The van der Waals surface area contributed by atoms with Crippen LogP contribution in [0.3, 0.4) is 0 Å². The van der Waals surface area contributed by atoms with Crippen LogP contribution in [0.5, 0.6) is 0 Å². The largest absolute Gasteiger partial charge is 0.411 e. The van der Waals surface area contributed by atoms with Gasteiger partial charge in [-0.3, -0.25) is 0 Å². The molecule has 0 aromatic heterocycles. The highest BCUT2D eigenvalue weighted by Crippen LogP contribution is 2.14. The van der Waals surface area contributed by atoms with Crippen molar-refractivity contribution in [2.45, 2.75) is 31.5 Å². The summed E-state index contributed by atoms with van der Waals surface area (Å²) in [5.41, 5.74) is 0. The quantitative estimate of drug-likeness (QED) is 0.676. The van der Waals surface area contributed by atoms with Crippen LogP contribution in [0.25, 0.3) is 0 Å². The fourth-order valence-electron chi connectivity index (χ4n) is 1.13. The van der Waals surface area contributed by atoms with Crippen LogP contribution < -0.4 is 0 Å². The van der Waals surface area contributed by atoms with Gasteiger partial charge in [-0.2, -0.15) is 13.2 Å². The van der Waals surface area contributed by atoms with Gasteiger partial charge in [0.1, 0.15) is 16.4 Å². The molecule has 4 nitrogen and oxygen atoms in total. The maximum absolute atomic E-state index is 11.7. The number of hydrogen-bond donors (Lipinski definition) is 1. The third kappa shape index (κ3) is 13.6. The predicted octanol–water partition coefficient (Wildman–Crippen LogP) is 1.14. The Morgan fingerprint density at radius 2 is 1.88 bits per heavy atom. The average molecular weight is 278 g/mol. The second kappa shape index (κ2) is 7.17. The number of rotatable bonds is 8. The maximum atomic E-state index is 11.7. The first-order valence-corrected chi connectivity index (χ1v) is 7.16. The van der Waals surface area contributed by atoms with Crippen LogP contribution in [0.2, 0.25) is 0 Å². The van der Waals surface area contributed by atoms with Gasteiger partial charge in [-0.25, -0.2) is 8.42 Å². The molecule has 0 amide bonds. The van der Waals surface area contributed by atoms with Crippen LogP contribution in [0.1, 0.15) is 19.3 Å². The molecule has 0 fully saturated rings. The highest BCUT2D eigenvalue weighted by molar-refractivity contribution is 7.90. The van der Waals surface area contributed by atoms with Gasteiger partial charge >= 0.3 is 6.18 Å². The molecule has 0 aromatic rings. The third-order valence-electron chi connectivity index (χ3n) is 1.91. The summed E-state index contributed by atoms with van der Waals surface area (Å²) >= 11 is 0. The Morgan fingerprint density at radius 1 is 1.29 bits per heavy atom. The second-order valence-corrected chi connectivity index (χ2v) is 6.14. The first-order valence-electron chi connectivity index (χ1n) is 5.10. The molecule has 0 heterocycles. The van der Waals surface area contributed by atoms with Crippen LogP contribution in [0, 0.1) is 0 Å². The molecule has 0 aliphatic rings. The molecule has 0 aliphatic carbocycles. The van der Waals surface area contributed by atoms with Crippen molar-refractivity contribution in [2.24, 2.45) is 0 Å². The minimum absolute atomic E-state index is 0.0343. The Kier molecular flexibility index (Phi) is 7.03. The van der Waals surface area contributed by atoms with E-state index in [2.05, 4.69) is 4.74 Å². The summed E-state index contributed by atoms with van der Waals surface area (Å²) in [5, 5.41) is 9.32. The van der Waals surface area contributed by atoms with Gasteiger partial charge in [0.2, 0.25) is 0 Å². The number of aliphatic hydroxyl groups is 1. The average Bonchev–Trinajstić information content (AvgIpc) is 2.09. The maximum Gasteiger partial charge on any atom is 0.411 e. The van der Waals surface area contributed by atoms with Crippen molar-refractivity contribution < 1.29 is 31.4 Å². The molecule has 1 N–H and O–H groups in total. The van der Waals surface area contributed by atoms with Crippen LogP contribution in [-0.2, 0) is 14.6 Å². The highest BCUT2D eigenvalue weighted by Gasteiger charge is 2.27. The van der Waals surface area contributed by atoms with E-state index in [1.807, 2.05) is 0 Å². The Labute approximate surface area is 98.7 Å². The standard InChI is InChI=1S/C9H17F3O4S/c1-17(14,15)6-2-3-8(13)4-5-16-7-9(10,11)12/h8,13H,2-7H2,1H3. The minimum atomic E-state index is -4.36. The van der Waals surface area contributed by atoms with Gasteiger partial charge in [0, 0.05) is 18.6 Å². The lowest BCUT2D eigenvalue weighted by Gasteiger charge is -2.11. The van der Waals surface area contributed by atoms with Crippen LogP contribution in [-0.4, -0.2) is 51.0 Å². The summed E-state index contributed by atoms with van der Waals surface area (Å²) in [4.78, 5) is 0. The van der Waals surface area contributed by atoms with E-state index in [4.69, 9.17) is 0 Å². The van der Waals surface area contributed by atoms with E-state index in [0.29, 0.717) is 6.42 Å². The molecular formula is C9H17F3O4S. The van der Waals surface area contributed by atoms with E-state index in [0.717, 1.165) is 6.26 Å². The molecule has 0 spiro atoms. The molecule has 0 aromatic carbocycles. The lowest BCUT2D eigenvalue weighted by Crippen LogP contribution is -2.19. The highest BCUT2D eigenvalue weighted by atomic mass is 32.2. The minimum Gasteiger partial charge on any atom is -0.393 e. The number of ether oxygens (including phenoxy) is 1. The van der Waals surface area contributed by atoms with Crippen molar-refractivity contribution in [2.75, 3.05) is 25.2 Å². The summed E-state index contributed by atoms with van der Waals surface area (Å²) in [5.74, 6) is -0.0343. The normalized spacial score (nSPS) is 14.9. The lowest BCUT2D eigenvalue weighted by molar-refractivity contribution is -0.175. The summed E-state index contributed by atoms with van der Waals surface area (Å²) in [6, 6.07) is 0. The fourth-order valence-corrected chi connectivity index (χ4v) is 1.82. The first kappa shape index (κ1) is 16.7. The van der Waals surface area contributed by atoms with Gasteiger partial charge in [-0.05, 0) is 19.3 Å². The third-order valence-corrected chi connectivity index (χ3v) is 2.94. The van der Waals surface area contributed by atoms with E-state index in [-0.39, 0.29) is 25.2 Å². The molecule has 8 heteroatoms. The zero-order chi connectivity index (χ0) is 13.5. The Bertz CT molecular complexity index is 300. The van der Waals surface area contributed by atoms with Crippen molar-refractivity contribution in [3.63, 3.8) is 0 Å². The molecule has 104 valence electrons. The molecule has 17 heavy (non-hydrogen) atoms. The van der Waals surface area contributed by atoms with Crippen molar-refractivity contribution in [3.8, 4) is 0 Å². The van der Waals surface area contributed by atoms with Crippen LogP contribution >= 0.6 is 0 Å². The number of halogens is 3. The summed E-state index contributed by atoms with van der Waals surface area (Å²) in [7, 11) is -3.06. The number of alkyl halides is 3. The molecule has 0 aliphatic heterocycles. The fraction of sp³-hybridized carbons (Fsp3) is 1.00. The monoisotopic (exact) mass is 278 g/mol. The molecule has 0 rings (SSSR count). The van der Waals surface area contributed by atoms with E-state index in [1.165, 1.54) is 0 Å². The molecular weight excluding hydrogens is 261 g/mol. The Hall–Kier alpha value is -0.340. The van der Waals surface area contributed by atoms with Crippen molar-refractivity contribution in [3.05, 3.63) is 0 Å². The molecule has 0 radical (unpaired) electrons. The summed E-state index contributed by atoms with van der Waals surface area (Å²) in [6.45, 7) is -1.53. The van der Waals surface area contributed by atoms with E-state index in [1.54, 1.807) is 0 Å². The van der Waals surface area contributed by atoms with Gasteiger partial charge in [0.25, 0.3) is 0 Å². The van der Waals surface area contributed by atoms with E-state index in [9.17, 15) is 26.7 Å². The molecule has 0 saturated heterocycles. The lowest BCUT2D eigenvalue weighted by atomic mass is 10.1. The van der Waals surface area contributed by atoms with Crippen LogP contribution in [0.15, 0.2) is 0 Å². The second-order valence-electron chi connectivity index (χ2n) is 3.88. The molecule has 1 unspecified atom stereocenters. The van der Waals surface area contributed by atoms with Gasteiger partial charge < -0.3 is 9.84 Å². The van der Waals surface area contributed by atoms with Crippen molar-refractivity contribution in [1.82, 2.24) is 0 Å². The van der Waals surface area contributed by atoms with Crippen molar-refractivity contribution >= 4 is 9.84 Å².